The van der Waals surface area contributed by atoms with Crippen molar-refractivity contribution < 1.29 is 9.59 Å². The summed E-state index contributed by atoms with van der Waals surface area (Å²) in [4.78, 5) is 28.1. The number of ketones is 1. The molecule has 1 aromatic carbocycles. The maximum atomic E-state index is 11.8. The zero-order valence-electron chi connectivity index (χ0n) is 13.0. The summed E-state index contributed by atoms with van der Waals surface area (Å²) in [6, 6.07) is 7.57. The number of para-hydroxylation sites is 2. The predicted molar refractivity (Wildman–Crippen MR) is 84.6 cm³/mol. The highest BCUT2D eigenvalue weighted by atomic mass is 16.2. The predicted octanol–water partition coefficient (Wildman–Crippen LogP) is 2.25. The minimum Gasteiger partial charge on any atom is -0.355 e. The first kappa shape index (κ1) is 14.8. The number of hydrogen-bond donors (Lipinski definition) is 1. The molecule has 1 atom stereocenters. The van der Waals surface area contributed by atoms with Crippen LogP contribution in [0.15, 0.2) is 24.3 Å². The molecule has 1 fully saturated rings. The van der Waals surface area contributed by atoms with Crippen molar-refractivity contribution in [3.8, 4) is 0 Å². The molecule has 0 bridgehead atoms. The SMILES string of the molecule is CC(=O)C(C)n1c(CCNC(=O)C2CC2)nc2ccccc21. The van der Waals surface area contributed by atoms with Gasteiger partial charge in [0.2, 0.25) is 5.91 Å². The first-order valence-corrected chi connectivity index (χ1v) is 7.82. The van der Waals surface area contributed by atoms with Crippen molar-refractivity contribution in [2.24, 2.45) is 5.92 Å². The molecule has 3 rings (SSSR count). The number of nitrogens with zero attached hydrogens (tertiary/aromatic N) is 2. The van der Waals surface area contributed by atoms with Crippen LogP contribution in [-0.4, -0.2) is 27.8 Å². The lowest BCUT2D eigenvalue weighted by Crippen LogP contribution is -2.28. The fourth-order valence-electron chi connectivity index (χ4n) is 2.67. The Balaban J connectivity index is 1.82. The fraction of sp³-hybridized carbons (Fsp3) is 0.471. The van der Waals surface area contributed by atoms with Gasteiger partial charge in [-0.1, -0.05) is 12.1 Å². The van der Waals surface area contributed by atoms with Crippen LogP contribution in [0, 0.1) is 5.92 Å². The molecule has 1 amide bonds. The van der Waals surface area contributed by atoms with Crippen molar-refractivity contribution >= 4 is 22.7 Å². The standard InChI is InChI=1S/C17H21N3O2/c1-11(12(2)21)20-15-6-4-3-5-14(15)19-16(20)9-10-18-17(22)13-7-8-13/h3-6,11,13H,7-10H2,1-2H3,(H,18,22). The van der Waals surface area contributed by atoms with E-state index in [1.165, 1.54) is 0 Å². The zero-order valence-corrected chi connectivity index (χ0v) is 13.0. The Labute approximate surface area is 129 Å². The number of aromatic nitrogens is 2. The number of amides is 1. The van der Waals surface area contributed by atoms with Gasteiger partial charge in [-0.15, -0.1) is 0 Å². The first-order valence-electron chi connectivity index (χ1n) is 7.82. The molecular formula is C17H21N3O2. The summed E-state index contributed by atoms with van der Waals surface area (Å²) in [5.41, 5.74) is 1.85. The van der Waals surface area contributed by atoms with Gasteiger partial charge >= 0.3 is 0 Å². The summed E-state index contributed by atoms with van der Waals surface area (Å²) in [6.45, 7) is 4.05. The highest BCUT2D eigenvalue weighted by molar-refractivity contribution is 5.84. The number of benzene rings is 1. The van der Waals surface area contributed by atoms with Crippen LogP contribution in [0.3, 0.4) is 0 Å². The number of carbonyl (C=O) groups excluding carboxylic acids is 2. The number of fused-ring (bicyclic) bond motifs is 1. The molecule has 22 heavy (non-hydrogen) atoms. The lowest BCUT2D eigenvalue weighted by molar-refractivity contribution is -0.122. The molecule has 1 heterocycles. The van der Waals surface area contributed by atoms with E-state index in [9.17, 15) is 9.59 Å². The van der Waals surface area contributed by atoms with Gasteiger partial charge in [-0.2, -0.15) is 0 Å². The lowest BCUT2D eigenvalue weighted by Gasteiger charge is -2.15. The molecule has 1 aliphatic carbocycles. The van der Waals surface area contributed by atoms with E-state index < -0.39 is 0 Å². The normalized spacial score (nSPS) is 15.7. The smallest absolute Gasteiger partial charge is 0.223 e. The van der Waals surface area contributed by atoms with E-state index in [4.69, 9.17) is 0 Å². The minimum absolute atomic E-state index is 0.103. The monoisotopic (exact) mass is 299 g/mol. The largest absolute Gasteiger partial charge is 0.355 e. The summed E-state index contributed by atoms with van der Waals surface area (Å²) in [5.74, 6) is 1.31. The number of carbonyl (C=O) groups is 2. The van der Waals surface area contributed by atoms with Crippen LogP contribution in [0.4, 0.5) is 0 Å². The third-order valence-corrected chi connectivity index (χ3v) is 4.24. The van der Waals surface area contributed by atoms with Crippen LogP contribution in [-0.2, 0) is 16.0 Å². The molecule has 0 radical (unpaired) electrons. The third kappa shape index (κ3) is 2.89. The van der Waals surface area contributed by atoms with E-state index in [-0.39, 0.29) is 23.7 Å². The van der Waals surface area contributed by atoms with Gasteiger partial charge in [0.15, 0.2) is 5.78 Å². The average molecular weight is 299 g/mol. The van der Waals surface area contributed by atoms with E-state index >= 15 is 0 Å². The van der Waals surface area contributed by atoms with Crippen LogP contribution < -0.4 is 5.32 Å². The number of imidazole rings is 1. The van der Waals surface area contributed by atoms with E-state index in [1.807, 2.05) is 35.8 Å². The fourth-order valence-corrected chi connectivity index (χ4v) is 2.67. The molecule has 1 saturated carbocycles. The molecule has 5 nitrogen and oxygen atoms in total. The molecule has 1 N–H and O–H groups in total. The van der Waals surface area contributed by atoms with E-state index in [2.05, 4.69) is 10.3 Å². The molecule has 0 aliphatic heterocycles. The van der Waals surface area contributed by atoms with Gasteiger partial charge in [0.25, 0.3) is 0 Å². The quantitative estimate of drug-likeness (QED) is 0.890. The highest BCUT2D eigenvalue weighted by Gasteiger charge is 2.29. The van der Waals surface area contributed by atoms with E-state index in [1.54, 1.807) is 6.92 Å². The second-order valence-electron chi connectivity index (χ2n) is 5.99. The van der Waals surface area contributed by atoms with Crippen molar-refractivity contribution in [3.63, 3.8) is 0 Å². The van der Waals surface area contributed by atoms with Crippen LogP contribution in [0.1, 0.15) is 38.6 Å². The molecule has 1 unspecified atom stereocenters. The van der Waals surface area contributed by atoms with Gasteiger partial charge in [0.1, 0.15) is 5.82 Å². The Morgan fingerprint density at radius 1 is 1.36 bits per heavy atom. The lowest BCUT2D eigenvalue weighted by atomic mass is 10.2. The van der Waals surface area contributed by atoms with Gasteiger partial charge in [-0.25, -0.2) is 4.98 Å². The van der Waals surface area contributed by atoms with Gasteiger partial charge < -0.3 is 9.88 Å². The van der Waals surface area contributed by atoms with Gasteiger partial charge in [0, 0.05) is 18.9 Å². The third-order valence-electron chi connectivity index (χ3n) is 4.24. The van der Waals surface area contributed by atoms with Crippen LogP contribution in [0.25, 0.3) is 11.0 Å². The summed E-state index contributed by atoms with van der Waals surface area (Å²) in [6.07, 6.45) is 2.64. The van der Waals surface area contributed by atoms with Crippen LogP contribution in [0.2, 0.25) is 0 Å². The van der Waals surface area contributed by atoms with Crippen LogP contribution in [0.5, 0.6) is 0 Å². The Hall–Kier alpha value is -2.17. The highest BCUT2D eigenvalue weighted by Crippen LogP contribution is 2.28. The summed E-state index contributed by atoms with van der Waals surface area (Å²) in [7, 11) is 0. The maximum absolute atomic E-state index is 11.8. The molecular weight excluding hydrogens is 278 g/mol. The topological polar surface area (TPSA) is 64.0 Å². The molecule has 2 aromatic rings. The second kappa shape index (κ2) is 5.91. The van der Waals surface area contributed by atoms with Gasteiger partial charge in [-0.3, -0.25) is 9.59 Å². The van der Waals surface area contributed by atoms with Crippen molar-refractivity contribution in [3.05, 3.63) is 30.1 Å². The Kier molecular flexibility index (Phi) is 3.96. The van der Waals surface area contributed by atoms with Gasteiger partial charge in [0.05, 0.1) is 17.1 Å². The van der Waals surface area contributed by atoms with Crippen molar-refractivity contribution in [1.82, 2.24) is 14.9 Å². The Bertz CT molecular complexity index is 716. The molecule has 5 heteroatoms. The maximum Gasteiger partial charge on any atom is 0.223 e. The number of hydrogen-bond acceptors (Lipinski definition) is 3. The van der Waals surface area contributed by atoms with E-state index in [0.29, 0.717) is 13.0 Å². The molecule has 116 valence electrons. The molecule has 1 aromatic heterocycles. The molecule has 0 spiro atoms. The summed E-state index contributed by atoms with van der Waals surface area (Å²) >= 11 is 0. The van der Waals surface area contributed by atoms with Crippen molar-refractivity contribution in [2.75, 3.05) is 6.54 Å². The zero-order chi connectivity index (χ0) is 15.7. The summed E-state index contributed by atoms with van der Waals surface area (Å²) < 4.78 is 1.99. The van der Waals surface area contributed by atoms with Crippen LogP contribution >= 0.6 is 0 Å². The second-order valence-corrected chi connectivity index (χ2v) is 5.99. The first-order chi connectivity index (χ1) is 10.6. The molecule has 1 aliphatic rings. The number of rotatable bonds is 6. The Morgan fingerprint density at radius 3 is 2.77 bits per heavy atom. The van der Waals surface area contributed by atoms with Crippen molar-refractivity contribution in [1.29, 1.82) is 0 Å². The number of nitrogens with one attached hydrogen (secondary N) is 1. The summed E-state index contributed by atoms with van der Waals surface area (Å²) in [5, 5.41) is 2.96. The average Bonchev–Trinajstić information content (AvgIpc) is 3.28. The van der Waals surface area contributed by atoms with Gasteiger partial charge in [-0.05, 0) is 38.8 Å². The van der Waals surface area contributed by atoms with E-state index in [0.717, 1.165) is 29.7 Å². The van der Waals surface area contributed by atoms with Crippen molar-refractivity contribution in [2.45, 2.75) is 39.2 Å². The minimum atomic E-state index is -0.249. The molecule has 0 saturated heterocycles. The number of Topliss-reactive ketones (excluding diaryl/α,β-unsaturated/α-hetero) is 1. The Morgan fingerprint density at radius 2 is 2.09 bits per heavy atom.